The molecule has 1 atom stereocenters. The van der Waals surface area contributed by atoms with Gasteiger partial charge in [-0.25, -0.2) is 9.18 Å². The molecule has 2 aliphatic heterocycles. The van der Waals surface area contributed by atoms with Crippen molar-refractivity contribution >= 4 is 17.8 Å². The van der Waals surface area contributed by atoms with Gasteiger partial charge in [0.2, 0.25) is 0 Å². The summed E-state index contributed by atoms with van der Waals surface area (Å²) in [6, 6.07) is 4.71. The van der Waals surface area contributed by atoms with E-state index in [1.165, 1.54) is 35.2 Å². The molecule has 30 heavy (non-hydrogen) atoms. The van der Waals surface area contributed by atoms with Gasteiger partial charge in [-0.3, -0.25) is 19.6 Å². The molecule has 2 aliphatic rings. The third-order valence-electron chi connectivity index (χ3n) is 5.43. The second kappa shape index (κ2) is 8.23. The lowest BCUT2D eigenvalue weighted by Gasteiger charge is -2.23. The molecule has 1 aromatic carbocycles. The van der Waals surface area contributed by atoms with Gasteiger partial charge in [-0.05, 0) is 30.7 Å². The van der Waals surface area contributed by atoms with Crippen LogP contribution in [0.5, 0.6) is 0 Å². The number of imide groups is 1. The molecule has 3 heterocycles. The van der Waals surface area contributed by atoms with E-state index in [1.54, 1.807) is 17.0 Å². The standard InChI is InChI=1S/C20H22FN5O4/c1-30-10-9-26-19(28)16-12-24(7-2-8-25(16)20(26)29)18(27)15-11-22-23-17(15)13-3-5-14(21)6-4-13/h3-6,11,16H,2,7-10,12H2,1H3,(H,22,23). The number of nitrogens with one attached hydrogen (secondary N) is 1. The second-order valence-electron chi connectivity index (χ2n) is 7.24. The minimum atomic E-state index is -0.707. The van der Waals surface area contributed by atoms with Gasteiger partial charge in [0.25, 0.3) is 11.8 Å². The molecule has 0 saturated carbocycles. The van der Waals surface area contributed by atoms with E-state index >= 15 is 0 Å². The third kappa shape index (κ3) is 3.54. The first kappa shape index (κ1) is 20.0. The van der Waals surface area contributed by atoms with Gasteiger partial charge in [0, 0.05) is 25.8 Å². The first-order valence-electron chi connectivity index (χ1n) is 9.70. The van der Waals surface area contributed by atoms with E-state index in [1.807, 2.05) is 0 Å². The largest absolute Gasteiger partial charge is 0.383 e. The number of rotatable bonds is 5. The molecule has 0 spiro atoms. The van der Waals surface area contributed by atoms with Crippen molar-refractivity contribution in [2.45, 2.75) is 12.5 Å². The Balaban J connectivity index is 1.55. The third-order valence-corrected chi connectivity index (χ3v) is 5.43. The molecular formula is C20H22FN5O4. The zero-order valence-electron chi connectivity index (χ0n) is 16.5. The number of urea groups is 1. The summed E-state index contributed by atoms with van der Waals surface area (Å²) in [6.45, 7) is 1.38. The molecule has 9 nitrogen and oxygen atoms in total. The van der Waals surface area contributed by atoms with E-state index in [0.717, 1.165) is 0 Å². The Morgan fingerprint density at radius 2 is 2.03 bits per heavy atom. The van der Waals surface area contributed by atoms with Crippen molar-refractivity contribution in [3.05, 3.63) is 41.8 Å². The molecule has 10 heteroatoms. The van der Waals surface area contributed by atoms with Gasteiger partial charge < -0.3 is 14.5 Å². The highest BCUT2D eigenvalue weighted by Crippen LogP contribution is 2.26. The fraction of sp³-hybridized carbons (Fsp3) is 0.400. The van der Waals surface area contributed by atoms with Gasteiger partial charge in [-0.2, -0.15) is 5.10 Å². The highest BCUT2D eigenvalue weighted by molar-refractivity contribution is 6.05. The minimum absolute atomic E-state index is 0.112. The van der Waals surface area contributed by atoms with Crippen molar-refractivity contribution in [3.63, 3.8) is 0 Å². The zero-order valence-corrected chi connectivity index (χ0v) is 16.5. The van der Waals surface area contributed by atoms with Crippen LogP contribution in [0.1, 0.15) is 16.8 Å². The summed E-state index contributed by atoms with van der Waals surface area (Å²) in [4.78, 5) is 42.9. The topological polar surface area (TPSA) is 98.8 Å². The van der Waals surface area contributed by atoms with Gasteiger partial charge in [-0.15, -0.1) is 0 Å². The van der Waals surface area contributed by atoms with Crippen LogP contribution in [0.3, 0.4) is 0 Å². The first-order valence-corrected chi connectivity index (χ1v) is 9.70. The fourth-order valence-electron chi connectivity index (χ4n) is 3.88. The molecular weight excluding hydrogens is 393 g/mol. The van der Waals surface area contributed by atoms with Crippen LogP contribution in [0.2, 0.25) is 0 Å². The number of H-pyrrole nitrogens is 1. The van der Waals surface area contributed by atoms with E-state index in [4.69, 9.17) is 4.74 Å². The van der Waals surface area contributed by atoms with E-state index in [0.29, 0.717) is 36.3 Å². The monoisotopic (exact) mass is 415 g/mol. The van der Waals surface area contributed by atoms with E-state index in [-0.39, 0.29) is 43.4 Å². The van der Waals surface area contributed by atoms with Crippen LogP contribution in [0.15, 0.2) is 30.5 Å². The Labute approximate surface area is 172 Å². The lowest BCUT2D eigenvalue weighted by molar-refractivity contribution is -0.128. The number of aromatic nitrogens is 2. The molecule has 4 rings (SSSR count). The molecule has 2 saturated heterocycles. The van der Waals surface area contributed by atoms with Crippen molar-refractivity contribution in [1.82, 2.24) is 24.9 Å². The summed E-state index contributed by atoms with van der Waals surface area (Å²) in [7, 11) is 1.51. The summed E-state index contributed by atoms with van der Waals surface area (Å²) in [6.07, 6.45) is 1.99. The van der Waals surface area contributed by atoms with Crippen molar-refractivity contribution in [2.24, 2.45) is 0 Å². The highest BCUT2D eigenvalue weighted by Gasteiger charge is 2.47. The molecule has 2 aromatic rings. The van der Waals surface area contributed by atoms with Crippen molar-refractivity contribution in [3.8, 4) is 11.3 Å². The summed E-state index contributed by atoms with van der Waals surface area (Å²) in [5.74, 6) is -0.982. The smallest absolute Gasteiger partial charge is 0.327 e. The number of aromatic amines is 1. The predicted molar refractivity (Wildman–Crippen MR) is 104 cm³/mol. The number of carbonyl (C=O) groups excluding carboxylic acids is 3. The van der Waals surface area contributed by atoms with Crippen LogP contribution in [0.4, 0.5) is 9.18 Å². The average Bonchev–Trinajstić information content (AvgIpc) is 3.22. The first-order chi connectivity index (χ1) is 14.5. The van der Waals surface area contributed by atoms with Crippen LogP contribution >= 0.6 is 0 Å². The second-order valence-corrected chi connectivity index (χ2v) is 7.24. The number of methoxy groups -OCH3 is 1. The molecule has 0 aliphatic carbocycles. The lowest BCUT2D eigenvalue weighted by atomic mass is 10.1. The summed E-state index contributed by atoms with van der Waals surface area (Å²) >= 11 is 0. The number of fused-ring (bicyclic) bond motifs is 1. The SMILES string of the molecule is COCCN1C(=O)C2CN(C(=O)c3cn[nH]c3-c3ccc(F)cc3)CCCN2C1=O. The lowest BCUT2D eigenvalue weighted by Crippen LogP contribution is -2.43. The van der Waals surface area contributed by atoms with Crippen LogP contribution in [0, 0.1) is 5.82 Å². The molecule has 0 bridgehead atoms. The average molecular weight is 415 g/mol. The Bertz CT molecular complexity index is 960. The molecule has 0 radical (unpaired) electrons. The summed E-state index contributed by atoms with van der Waals surface area (Å²) < 4.78 is 18.2. The van der Waals surface area contributed by atoms with Crippen molar-refractivity contribution in [1.29, 1.82) is 0 Å². The van der Waals surface area contributed by atoms with Gasteiger partial charge in [-0.1, -0.05) is 0 Å². The molecule has 158 valence electrons. The zero-order chi connectivity index (χ0) is 21.3. The van der Waals surface area contributed by atoms with Gasteiger partial charge in [0.1, 0.15) is 11.9 Å². The van der Waals surface area contributed by atoms with Gasteiger partial charge in [0.05, 0.1) is 37.2 Å². The maximum atomic E-state index is 13.2. The molecule has 1 N–H and O–H groups in total. The molecule has 4 amide bonds. The Hall–Kier alpha value is -3.27. The number of halogens is 1. The molecule has 1 aromatic heterocycles. The van der Waals surface area contributed by atoms with E-state index in [9.17, 15) is 18.8 Å². The summed E-state index contributed by atoms with van der Waals surface area (Å²) in [5.41, 5.74) is 1.45. The predicted octanol–water partition coefficient (Wildman–Crippen LogP) is 1.34. The van der Waals surface area contributed by atoms with Crippen molar-refractivity contribution in [2.75, 3.05) is 39.9 Å². The van der Waals surface area contributed by atoms with Crippen LogP contribution in [-0.2, 0) is 9.53 Å². The number of benzene rings is 1. The van der Waals surface area contributed by atoms with Crippen LogP contribution in [0.25, 0.3) is 11.3 Å². The minimum Gasteiger partial charge on any atom is -0.383 e. The van der Waals surface area contributed by atoms with Crippen LogP contribution in [-0.4, -0.2) is 88.7 Å². The van der Waals surface area contributed by atoms with Crippen LogP contribution < -0.4 is 0 Å². The normalized spacial score (nSPS) is 19.3. The van der Waals surface area contributed by atoms with Gasteiger partial charge in [0.15, 0.2) is 0 Å². The fourth-order valence-corrected chi connectivity index (χ4v) is 3.88. The molecule has 2 fully saturated rings. The number of hydrogen-bond acceptors (Lipinski definition) is 5. The number of carbonyl (C=O) groups is 3. The number of amides is 4. The highest BCUT2D eigenvalue weighted by atomic mass is 19.1. The Morgan fingerprint density at radius 1 is 1.27 bits per heavy atom. The van der Waals surface area contributed by atoms with Gasteiger partial charge >= 0.3 is 6.03 Å². The molecule has 1 unspecified atom stereocenters. The van der Waals surface area contributed by atoms with E-state index in [2.05, 4.69) is 10.2 Å². The quantitative estimate of drug-likeness (QED) is 0.743. The maximum absolute atomic E-state index is 13.2. The van der Waals surface area contributed by atoms with E-state index < -0.39 is 6.04 Å². The maximum Gasteiger partial charge on any atom is 0.327 e. The Morgan fingerprint density at radius 3 is 2.77 bits per heavy atom. The Kier molecular flexibility index (Phi) is 5.49. The van der Waals surface area contributed by atoms with Crippen molar-refractivity contribution < 1.29 is 23.5 Å². The number of nitrogens with zero attached hydrogens (tertiary/aromatic N) is 4. The number of hydrogen-bond donors (Lipinski definition) is 1. The number of ether oxygens (including phenoxy) is 1. The summed E-state index contributed by atoms with van der Waals surface area (Å²) in [5, 5.41) is 6.78.